The van der Waals surface area contributed by atoms with Gasteiger partial charge in [0.25, 0.3) is 0 Å². The maximum Gasteiger partial charge on any atom is 0.321 e. The minimum absolute atomic E-state index is 0.1000. The lowest BCUT2D eigenvalue weighted by atomic mass is 10.1. The third kappa shape index (κ3) is 3.40. The molecule has 1 atom stereocenters. The Balaban J connectivity index is 2.44. The number of benzene rings is 2. The predicted molar refractivity (Wildman–Crippen MR) is 80.6 cm³/mol. The third-order valence-corrected chi connectivity index (χ3v) is 4.74. The maximum atomic E-state index is 12.5. The van der Waals surface area contributed by atoms with Crippen molar-refractivity contribution in [3.05, 3.63) is 42.5 Å². The summed E-state index contributed by atoms with van der Waals surface area (Å²) in [6, 6.07) is 10.9. The van der Waals surface area contributed by atoms with Gasteiger partial charge < -0.3 is 5.11 Å². The van der Waals surface area contributed by atoms with E-state index in [1.807, 2.05) is 25.1 Å². The highest BCUT2D eigenvalue weighted by Crippen LogP contribution is 2.23. The molecule has 0 fully saturated rings. The molecule has 2 rings (SSSR count). The molecule has 0 aliphatic carbocycles. The molecule has 5 nitrogen and oxygen atoms in total. The van der Waals surface area contributed by atoms with Crippen LogP contribution in [0.3, 0.4) is 0 Å². The molecule has 21 heavy (non-hydrogen) atoms. The quantitative estimate of drug-likeness (QED) is 0.858. The molecule has 0 saturated carbocycles. The summed E-state index contributed by atoms with van der Waals surface area (Å²) in [4.78, 5) is 11.2. The van der Waals surface area contributed by atoms with Gasteiger partial charge in [0.1, 0.15) is 6.04 Å². The molecule has 0 unspecified atom stereocenters. The fourth-order valence-electron chi connectivity index (χ4n) is 2.20. The van der Waals surface area contributed by atoms with Crippen molar-refractivity contribution >= 4 is 26.8 Å². The Hall–Kier alpha value is -1.92. The number of carboxylic acid groups (broad SMARTS) is 1. The lowest BCUT2D eigenvalue weighted by molar-refractivity contribution is -0.139. The first-order valence-corrected chi connectivity index (χ1v) is 8.17. The molecule has 6 heteroatoms. The molecule has 0 aliphatic rings. The number of rotatable bonds is 6. The summed E-state index contributed by atoms with van der Waals surface area (Å²) in [5, 5.41) is 10.5. The number of carboxylic acids is 1. The Morgan fingerprint density at radius 1 is 1.19 bits per heavy atom. The van der Waals surface area contributed by atoms with E-state index in [4.69, 9.17) is 5.11 Å². The van der Waals surface area contributed by atoms with Crippen LogP contribution in [0.4, 0.5) is 0 Å². The van der Waals surface area contributed by atoms with Crippen molar-refractivity contribution in [1.29, 1.82) is 0 Å². The molecule has 0 saturated heterocycles. The van der Waals surface area contributed by atoms with Crippen molar-refractivity contribution in [3.8, 4) is 0 Å². The summed E-state index contributed by atoms with van der Waals surface area (Å²) >= 11 is 0. The van der Waals surface area contributed by atoms with E-state index in [2.05, 4.69) is 4.72 Å². The average Bonchev–Trinajstić information content (AvgIpc) is 2.46. The first-order chi connectivity index (χ1) is 9.95. The summed E-state index contributed by atoms with van der Waals surface area (Å²) in [5.41, 5.74) is 0. The molecule has 2 N–H and O–H groups in total. The smallest absolute Gasteiger partial charge is 0.321 e. The highest BCUT2D eigenvalue weighted by molar-refractivity contribution is 7.89. The van der Waals surface area contributed by atoms with Gasteiger partial charge in [-0.3, -0.25) is 4.79 Å². The van der Waals surface area contributed by atoms with Gasteiger partial charge in [0.2, 0.25) is 10.0 Å². The lowest BCUT2D eigenvalue weighted by Crippen LogP contribution is -2.40. The van der Waals surface area contributed by atoms with Gasteiger partial charge in [0, 0.05) is 5.39 Å². The second kappa shape index (κ2) is 6.24. The minimum Gasteiger partial charge on any atom is -0.480 e. The van der Waals surface area contributed by atoms with Gasteiger partial charge in [-0.15, -0.1) is 0 Å². The van der Waals surface area contributed by atoms with E-state index in [1.54, 1.807) is 18.2 Å². The molecule has 0 aromatic heterocycles. The zero-order valence-corrected chi connectivity index (χ0v) is 12.4. The molecule has 0 aliphatic heterocycles. The second-order valence-corrected chi connectivity index (χ2v) is 6.46. The van der Waals surface area contributed by atoms with Gasteiger partial charge in [-0.2, -0.15) is 4.72 Å². The highest BCUT2D eigenvalue weighted by atomic mass is 32.2. The van der Waals surface area contributed by atoms with Crippen molar-refractivity contribution in [2.24, 2.45) is 0 Å². The molecule has 0 heterocycles. The predicted octanol–water partition coefficient (Wildman–Crippen LogP) is 2.37. The summed E-state index contributed by atoms with van der Waals surface area (Å²) in [5.74, 6) is -1.17. The Bertz CT molecular complexity index is 750. The first kappa shape index (κ1) is 15.5. The SMILES string of the molecule is CCC[C@H](NS(=O)(=O)c1cccc2ccccc12)C(=O)O. The average molecular weight is 307 g/mol. The first-order valence-electron chi connectivity index (χ1n) is 6.68. The number of sulfonamides is 1. The summed E-state index contributed by atoms with van der Waals surface area (Å²) in [6.07, 6.45) is 0.828. The number of carbonyl (C=O) groups is 1. The van der Waals surface area contributed by atoms with Crippen LogP contribution in [0, 0.1) is 0 Å². The van der Waals surface area contributed by atoms with Crippen molar-refractivity contribution < 1.29 is 18.3 Å². The zero-order valence-electron chi connectivity index (χ0n) is 11.6. The van der Waals surface area contributed by atoms with E-state index in [1.165, 1.54) is 6.07 Å². The number of nitrogens with one attached hydrogen (secondary N) is 1. The second-order valence-electron chi connectivity index (χ2n) is 4.78. The van der Waals surface area contributed by atoms with E-state index in [9.17, 15) is 13.2 Å². The molecular weight excluding hydrogens is 290 g/mol. The number of aliphatic carboxylic acids is 1. The van der Waals surface area contributed by atoms with E-state index >= 15 is 0 Å². The van der Waals surface area contributed by atoms with E-state index in [0.29, 0.717) is 11.8 Å². The van der Waals surface area contributed by atoms with Crippen molar-refractivity contribution in [2.75, 3.05) is 0 Å². The monoisotopic (exact) mass is 307 g/mol. The fourth-order valence-corrected chi connectivity index (χ4v) is 3.66. The van der Waals surface area contributed by atoms with E-state index in [0.717, 1.165) is 5.39 Å². The van der Waals surface area contributed by atoms with E-state index in [-0.39, 0.29) is 11.3 Å². The van der Waals surface area contributed by atoms with Crippen molar-refractivity contribution in [2.45, 2.75) is 30.7 Å². The fraction of sp³-hybridized carbons (Fsp3) is 0.267. The zero-order chi connectivity index (χ0) is 15.5. The van der Waals surface area contributed by atoms with Crippen LogP contribution in [-0.2, 0) is 14.8 Å². The van der Waals surface area contributed by atoms with Crippen LogP contribution in [0.5, 0.6) is 0 Å². The molecule has 0 spiro atoms. The topological polar surface area (TPSA) is 83.5 Å². The van der Waals surface area contributed by atoms with Crippen molar-refractivity contribution in [3.63, 3.8) is 0 Å². The van der Waals surface area contributed by atoms with Crippen LogP contribution in [0.25, 0.3) is 10.8 Å². The third-order valence-electron chi connectivity index (χ3n) is 3.21. The molecule has 0 radical (unpaired) electrons. The largest absolute Gasteiger partial charge is 0.480 e. The van der Waals surface area contributed by atoms with E-state index < -0.39 is 22.0 Å². The van der Waals surface area contributed by atoms with Crippen LogP contribution in [0.15, 0.2) is 47.4 Å². The Morgan fingerprint density at radius 2 is 1.86 bits per heavy atom. The van der Waals surface area contributed by atoms with Crippen LogP contribution >= 0.6 is 0 Å². The molecule has 112 valence electrons. The summed E-state index contributed by atoms with van der Waals surface area (Å²) < 4.78 is 27.2. The maximum absolute atomic E-state index is 12.5. The van der Waals surface area contributed by atoms with Gasteiger partial charge in [-0.05, 0) is 17.9 Å². The van der Waals surface area contributed by atoms with Gasteiger partial charge in [-0.1, -0.05) is 49.7 Å². The Labute approximate surface area is 123 Å². The molecular formula is C15H17NO4S. The minimum atomic E-state index is -3.88. The van der Waals surface area contributed by atoms with Crippen LogP contribution in [-0.4, -0.2) is 25.5 Å². The van der Waals surface area contributed by atoms with Gasteiger partial charge >= 0.3 is 5.97 Å². The molecule has 0 bridgehead atoms. The molecule has 2 aromatic rings. The Morgan fingerprint density at radius 3 is 2.52 bits per heavy atom. The lowest BCUT2D eigenvalue weighted by Gasteiger charge is -2.15. The summed E-state index contributed by atoms with van der Waals surface area (Å²) in [6.45, 7) is 1.81. The normalized spacial score (nSPS) is 13.2. The van der Waals surface area contributed by atoms with Gasteiger partial charge in [0.15, 0.2) is 0 Å². The molecule has 2 aromatic carbocycles. The van der Waals surface area contributed by atoms with Crippen LogP contribution in [0.1, 0.15) is 19.8 Å². The Kier molecular flexibility index (Phi) is 4.59. The summed E-state index contributed by atoms with van der Waals surface area (Å²) in [7, 11) is -3.88. The standard InChI is InChI=1S/C15H17NO4S/c1-2-6-13(15(17)18)16-21(19,20)14-10-5-8-11-7-3-4-9-12(11)14/h3-5,7-10,13,16H,2,6H2,1H3,(H,17,18)/t13-/m0/s1. The highest BCUT2D eigenvalue weighted by Gasteiger charge is 2.25. The van der Waals surface area contributed by atoms with Gasteiger partial charge in [0.05, 0.1) is 4.90 Å². The van der Waals surface area contributed by atoms with Crippen LogP contribution in [0.2, 0.25) is 0 Å². The molecule has 0 amide bonds. The number of hydrogen-bond acceptors (Lipinski definition) is 3. The van der Waals surface area contributed by atoms with Crippen molar-refractivity contribution in [1.82, 2.24) is 4.72 Å². The van der Waals surface area contributed by atoms with Crippen LogP contribution < -0.4 is 4.72 Å². The number of hydrogen-bond donors (Lipinski definition) is 2. The van der Waals surface area contributed by atoms with Gasteiger partial charge in [-0.25, -0.2) is 8.42 Å². The number of fused-ring (bicyclic) bond motifs is 1.